The second-order valence-electron chi connectivity index (χ2n) is 7.06. The van der Waals surface area contributed by atoms with Gasteiger partial charge < -0.3 is 14.0 Å². The first kappa shape index (κ1) is 19.1. The van der Waals surface area contributed by atoms with Crippen LogP contribution in [0.5, 0.6) is 5.75 Å². The number of hydrogen-bond donors (Lipinski definition) is 0. The van der Waals surface area contributed by atoms with Gasteiger partial charge in [-0.25, -0.2) is 15.0 Å². The van der Waals surface area contributed by atoms with Crippen LogP contribution in [0.3, 0.4) is 0 Å². The third-order valence-corrected chi connectivity index (χ3v) is 5.78. The zero-order chi connectivity index (χ0) is 20.7. The Morgan fingerprint density at radius 1 is 1.20 bits per heavy atom. The van der Waals surface area contributed by atoms with E-state index >= 15 is 0 Å². The van der Waals surface area contributed by atoms with Gasteiger partial charge in [0.2, 0.25) is 0 Å². The van der Waals surface area contributed by atoms with Crippen LogP contribution in [0.1, 0.15) is 12.6 Å². The number of rotatable bonds is 4. The summed E-state index contributed by atoms with van der Waals surface area (Å²) in [6.07, 6.45) is 9.26. The molecule has 5 rings (SSSR count). The average molecular weight is 439 g/mol. The molecule has 3 unspecified atom stereocenters. The minimum absolute atomic E-state index is 0.0854. The maximum atomic E-state index is 6.24. The molecule has 0 amide bonds. The van der Waals surface area contributed by atoms with Crippen LogP contribution in [0.4, 0.5) is 0 Å². The fourth-order valence-corrected chi connectivity index (χ4v) is 4.09. The van der Waals surface area contributed by atoms with Gasteiger partial charge in [0.25, 0.3) is 0 Å². The largest absolute Gasteiger partial charge is 0.491 e. The van der Waals surface area contributed by atoms with Gasteiger partial charge in [0, 0.05) is 24.1 Å². The van der Waals surface area contributed by atoms with Crippen molar-refractivity contribution >= 4 is 45.1 Å². The van der Waals surface area contributed by atoms with Crippen molar-refractivity contribution in [2.75, 3.05) is 6.61 Å². The van der Waals surface area contributed by atoms with Crippen LogP contribution >= 0.6 is 23.2 Å². The van der Waals surface area contributed by atoms with Gasteiger partial charge in [0.15, 0.2) is 0 Å². The number of hydrogen-bond acceptors (Lipinski definition) is 5. The zero-order valence-corrected chi connectivity index (χ0v) is 17.2. The highest BCUT2D eigenvalue weighted by atomic mass is 35.5. The molecule has 0 bridgehead atoms. The van der Waals surface area contributed by atoms with E-state index in [9.17, 15) is 0 Å². The fourth-order valence-electron chi connectivity index (χ4n) is 3.74. The SMILES string of the molecule is C#CC1CC(n2ccc3c(Cl)ncnc32)OC1COc1ccc2ccc(Cl)nc2c1. The maximum absolute atomic E-state index is 6.24. The smallest absolute Gasteiger partial charge is 0.146 e. The highest BCUT2D eigenvalue weighted by Crippen LogP contribution is 2.36. The minimum atomic E-state index is -0.252. The standard InChI is InChI=1S/C22H16Cl2N4O2/c1-2-13-9-20(28-8-7-16-21(24)25-12-26-22(16)28)30-18(13)11-29-15-5-3-14-4-6-19(23)27-17(14)10-15/h1,3-8,10,12-13,18,20H,9,11H2. The molecule has 0 radical (unpaired) electrons. The lowest BCUT2D eigenvalue weighted by atomic mass is 10.0. The van der Waals surface area contributed by atoms with Crippen LogP contribution in [0, 0.1) is 18.3 Å². The molecule has 1 fully saturated rings. The monoisotopic (exact) mass is 438 g/mol. The number of nitrogens with zero attached hydrogens (tertiary/aromatic N) is 4. The molecule has 3 atom stereocenters. The van der Waals surface area contributed by atoms with Crippen molar-refractivity contribution in [1.29, 1.82) is 0 Å². The maximum Gasteiger partial charge on any atom is 0.146 e. The van der Waals surface area contributed by atoms with Crippen molar-refractivity contribution in [3.8, 4) is 18.1 Å². The van der Waals surface area contributed by atoms with Crippen molar-refractivity contribution in [2.45, 2.75) is 18.8 Å². The Hall–Kier alpha value is -2.85. The van der Waals surface area contributed by atoms with Crippen molar-refractivity contribution in [3.05, 3.63) is 59.2 Å². The lowest BCUT2D eigenvalue weighted by Crippen LogP contribution is -2.23. The molecule has 0 saturated carbocycles. The van der Waals surface area contributed by atoms with E-state index in [-0.39, 0.29) is 18.2 Å². The van der Waals surface area contributed by atoms with Gasteiger partial charge in [-0.15, -0.1) is 12.3 Å². The minimum Gasteiger partial charge on any atom is -0.491 e. The summed E-state index contributed by atoms with van der Waals surface area (Å²) in [5, 5.41) is 2.62. The summed E-state index contributed by atoms with van der Waals surface area (Å²) in [5.74, 6) is 3.43. The molecule has 0 spiro atoms. The molecule has 30 heavy (non-hydrogen) atoms. The summed E-state index contributed by atoms with van der Waals surface area (Å²) >= 11 is 12.2. The topological polar surface area (TPSA) is 62.1 Å². The molecule has 8 heteroatoms. The van der Waals surface area contributed by atoms with Gasteiger partial charge >= 0.3 is 0 Å². The molecule has 0 aliphatic carbocycles. The van der Waals surface area contributed by atoms with Crippen molar-refractivity contribution in [3.63, 3.8) is 0 Å². The molecule has 1 aliphatic rings. The fraction of sp³-hybridized carbons (Fsp3) is 0.227. The van der Waals surface area contributed by atoms with E-state index in [4.69, 9.17) is 39.1 Å². The molecular formula is C22H16Cl2N4O2. The summed E-state index contributed by atoms with van der Waals surface area (Å²) in [6.45, 7) is 0.326. The number of aromatic nitrogens is 4. The van der Waals surface area contributed by atoms with Crippen LogP contribution < -0.4 is 4.74 Å². The Morgan fingerprint density at radius 2 is 2.07 bits per heavy atom. The Labute approximate surface area is 182 Å². The summed E-state index contributed by atoms with van der Waals surface area (Å²) in [7, 11) is 0. The van der Waals surface area contributed by atoms with E-state index in [2.05, 4.69) is 20.9 Å². The number of halogens is 2. The molecule has 3 aromatic heterocycles. The summed E-state index contributed by atoms with van der Waals surface area (Å²) in [6, 6.07) is 11.3. The summed E-state index contributed by atoms with van der Waals surface area (Å²) in [5.41, 5.74) is 1.49. The summed E-state index contributed by atoms with van der Waals surface area (Å²) in [4.78, 5) is 12.7. The molecular weight excluding hydrogens is 423 g/mol. The molecule has 0 N–H and O–H groups in total. The zero-order valence-electron chi connectivity index (χ0n) is 15.7. The second-order valence-corrected chi connectivity index (χ2v) is 7.81. The molecule has 1 aromatic carbocycles. The lowest BCUT2D eigenvalue weighted by molar-refractivity contribution is -0.0199. The van der Waals surface area contributed by atoms with Crippen LogP contribution in [0.25, 0.3) is 21.9 Å². The van der Waals surface area contributed by atoms with Crippen LogP contribution in [-0.2, 0) is 4.74 Å². The second kappa shape index (κ2) is 7.77. The van der Waals surface area contributed by atoms with Crippen LogP contribution in [0.15, 0.2) is 48.9 Å². The number of terminal acetylenes is 1. The normalized spacial score (nSPS) is 21.2. The van der Waals surface area contributed by atoms with Gasteiger partial charge in [-0.3, -0.25) is 0 Å². The molecule has 1 saturated heterocycles. The quantitative estimate of drug-likeness (QED) is 0.257. The predicted octanol–water partition coefficient (Wildman–Crippen LogP) is 4.90. The highest BCUT2D eigenvalue weighted by Gasteiger charge is 2.36. The van der Waals surface area contributed by atoms with E-state index in [1.165, 1.54) is 6.33 Å². The van der Waals surface area contributed by atoms with E-state index < -0.39 is 0 Å². The van der Waals surface area contributed by atoms with Crippen molar-refractivity contribution in [1.82, 2.24) is 19.5 Å². The molecule has 1 aliphatic heterocycles. The number of benzene rings is 1. The van der Waals surface area contributed by atoms with Gasteiger partial charge in [-0.1, -0.05) is 23.2 Å². The average Bonchev–Trinajstić information content (AvgIpc) is 3.36. The Balaban J connectivity index is 1.33. The summed E-state index contributed by atoms with van der Waals surface area (Å²) < 4.78 is 14.2. The lowest BCUT2D eigenvalue weighted by Gasteiger charge is -2.17. The Kier molecular flexibility index (Phi) is 4.95. The van der Waals surface area contributed by atoms with Crippen LogP contribution in [-0.4, -0.2) is 32.2 Å². The molecule has 4 heterocycles. The van der Waals surface area contributed by atoms with Gasteiger partial charge in [0.1, 0.15) is 47.0 Å². The van der Waals surface area contributed by atoms with Crippen molar-refractivity contribution < 1.29 is 9.47 Å². The molecule has 150 valence electrons. The van der Waals surface area contributed by atoms with Crippen LogP contribution in [0.2, 0.25) is 10.3 Å². The molecule has 4 aromatic rings. The first-order valence-corrected chi connectivity index (χ1v) is 10.2. The van der Waals surface area contributed by atoms with Crippen molar-refractivity contribution in [2.24, 2.45) is 5.92 Å². The highest BCUT2D eigenvalue weighted by molar-refractivity contribution is 6.33. The Morgan fingerprint density at radius 3 is 2.93 bits per heavy atom. The van der Waals surface area contributed by atoms with Gasteiger partial charge in [0.05, 0.1) is 16.8 Å². The van der Waals surface area contributed by atoms with E-state index in [0.29, 0.717) is 29.1 Å². The number of ether oxygens (including phenoxy) is 2. The third kappa shape index (κ3) is 3.46. The first-order chi connectivity index (χ1) is 14.6. The number of pyridine rings is 1. The molecule has 6 nitrogen and oxygen atoms in total. The first-order valence-electron chi connectivity index (χ1n) is 9.40. The Bertz CT molecular complexity index is 1280. The third-order valence-electron chi connectivity index (χ3n) is 5.27. The van der Waals surface area contributed by atoms with E-state index in [0.717, 1.165) is 21.9 Å². The number of fused-ring (bicyclic) bond motifs is 2. The van der Waals surface area contributed by atoms with Gasteiger partial charge in [-0.2, -0.15) is 0 Å². The van der Waals surface area contributed by atoms with E-state index in [1.807, 2.05) is 41.1 Å². The predicted molar refractivity (Wildman–Crippen MR) is 116 cm³/mol. The van der Waals surface area contributed by atoms with Gasteiger partial charge in [-0.05, 0) is 30.3 Å². The van der Waals surface area contributed by atoms with E-state index in [1.54, 1.807) is 6.07 Å².